The molecule has 1 aliphatic rings. The van der Waals surface area contributed by atoms with Crippen LogP contribution >= 0.6 is 11.8 Å². The molecule has 3 unspecified atom stereocenters. The van der Waals surface area contributed by atoms with Crippen molar-refractivity contribution in [2.24, 2.45) is 11.7 Å². The van der Waals surface area contributed by atoms with E-state index in [1.165, 1.54) is 12.8 Å². The monoisotopic (exact) mass is 223 g/mol. The van der Waals surface area contributed by atoms with Gasteiger partial charge in [0, 0.05) is 17.5 Å². The Hall–Kier alpha value is -0.610. The third-order valence-electron chi connectivity index (χ3n) is 2.93. The van der Waals surface area contributed by atoms with E-state index in [-0.39, 0.29) is 0 Å². The Morgan fingerprint density at radius 1 is 1.47 bits per heavy atom. The fourth-order valence-electron chi connectivity index (χ4n) is 1.99. The van der Waals surface area contributed by atoms with Crippen molar-refractivity contribution in [3.63, 3.8) is 0 Å². The van der Waals surface area contributed by atoms with E-state index in [2.05, 4.69) is 16.9 Å². The Balaban J connectivity index is 1.98. The third kappa shape index (κ3) is 2.92. The highest BCUT2D eigenvalue weighted by Gasteiger charge is 2.26. The minimum Gasteiger partial charge on any atom is -0.327 e. The van der Waals surface area contributed by atoms with Crippen molar-refractivity contribution in [2.75, 3.05) is 0 Å². The molecule has 0 amide bonds. The lowest BCUT2D eigenvalue weighted by Gasteiger charge is -2.31. The lowest BCUT2D eigenvalue weighted by molar-refractivity contribution is 0.357. The highest BCUT2D eigenvalue weighted by Crippen LogP contribution is 2.34. The number of nitrogens with two attached hydrogens (primary N) is 1. The summed E-state index contributed by atoms with van der Waals surface area (Å²) in [6.45, 7) is 2.30. The van der Waals surface area contributed by atoms with Crippen LogP contribution < -0.4 is 5.73 Å². The number of nitrogens with zero attached hydrogens (tertiary/aromatic N) is 2. The quantitative estimate of drug-likeness (QED) is 0.780. The lowest BCUT2D eigenvalue weighted by atomic mass is 9.87. The molecule has 1 aliphatic carbocycles. The second kappa shape index (κ2) is 4.94. The summed E-state index contributed by atoms with van der Waals surface area (Å²) < 4.78 is 0. The maximum atomic E-state index is 6.12. The van der Waals surface area contributed by atoms with Crippen molar-refractivity contribution < 1.29 is 0 Å². The maximum Gasteiger partial charge on any atom is 0.116 e. The Morgan fingerprint density at radius 3 is 3.07 bits per heavy atom. The fraction of sp³-hybridized carbons (Fsp3) is 0.636. The van der Waals surface area contributed by atoms with Gasteiger partial charge < -0.3 is 5.73 Å². The summed E-state index contributed by atoms with van der Waals surface area (Å²) >= 11 is 1.80. The zero-order valence-electron chi connectivity index (χ0n) is 8.97. The van der Waals surface area contributed by atoms with Crippen LogP contribution in [0.5, 0.6) is 0 Å². The topological polar surface area (TPSA) is 51.8 Å². The first-order valence-corrected chi connectivity index (χ1v) is 6.32. The molecule has 0 aromatic carbocycles. The molecule has 0 bridgehead atoms. The van der Waals surface area contributed by atoms with Crippen LogP contribution in [-0.2, 0) is 0 Å². The molecule has 3 nitrogen and oxygen atoms in total. The van der Waals surface area contributed by atoms with Crippen LogP contribution in [0.15, 0.2) is 23.6 Å². The van der Waals surface area contributed by atoms with Gasteiger partial charge in [-0.3, -0.25) is 0 Å². The first kappa shape index (κ1) is 10.9. The van der Waals surface area contributed by atoms with E-state index >= 15 is 0 Å². The van der Waals surface area contributed by atoms with Crippen molar-refractivity contribution in [3.8, 4) is 0 Å². The predicted octanol–water partition coefficient (Wildman–Crippen LogP) is 2.08. The molecule has 0 spiro atoms. The minimum atomic E-state index is 0.321. The molecule has 15 heavy (non-hydrogen) atoms. The summed E-state index contributed by atoms with van der Waals surface area (Å²) in [7, 11) is 0. The summed E-state index contributed by atoms with van der Waals surface area (Å²) in [5.74, 6) is 0.795. The normalized spacial score (nSPS) is 31.5. The van der Waals surface area contributed by atoms with E-state index in [4.69, 9.17) is 5.73 Å². The standard InChI is InChI=1S/C11H17N3S/c1-8-2-3-9(12)10(6-8)15-11-4-5-13-7-14-11/h4-5,7-10H,2-3,6,12H2,1H3. The molecule has 4 heteroatoms. The van der Waals surface area contributed by atoms with Gasteiger partial charge in [0.2, 0.25) is 0 Å². The van der Waals surface area contributed by atoms with Crippen LogP contribution in [0.25, 0.3) is 0 Å². The average Bonchev–Trinajstić information content (AvgIpc) is 2.25. The molecule has 3 atom stereocenters. The zero-order valence-corrected chi connectivity index (χ0v) is 9.78. The van der Waals surface area contributed by atoms with Crippen molar-refractivity contribution in [1.29, 1.82) is 0 Å². The molecule has 0 aliphatic heterocycles. The van der Waals surface area contributed by atoms with E-state index in [1.54, 1.807) is 24.3 Å². The molecule has 1 heterocycles. The van der Waals surface area contributed by atoms with E-state index in [1.807, 2.05) is 6.07 Å². The van der Waals surface area contributed by atoms with Gasteiger partial charge >= 0.3 is 0 Å². The van der Waals surface area contributed by atoms with Crippen LogP contribution in [0.2, 0.25) is 0 Å². The highest BCUT2D eigenvalue weighted by atomic mass is 32.2. The molecule has 2 rings (SSSR count). The van der Waals surface area contributed by atoms with Gasteiger partial charge in [0.1, 0.15) is 6.33 Å². The molecule has 2 N–H and O–H groups in total. The van der Waals surface area contributed by atoms with E-state index < -0.39 is 0 Å². The van der Waals surface area contributed by atoms with Gasteiger partial charge in [0.05, 0.1) is 5.03 Å². The molecular formula is C11H17N3S. The van der Waals surface area contributed by atoms with E-state index in [0.717, 1.165) is 17.4 Å². The lowest BCUT2D eigenvalue weighted by Crippen LogP contribution is -2.37. The molecule has 1 saturated carbocycles. The van der Waals surface area contributed by atoms with Crippen molar-refractivity contribution >= 4 is 11.8 Å². The number of hydrogen-bond donors (Lipinski definition) is 1. The molecule has 82 valence electrons. The summed E-state index contributed by atoms with van der Waals surface area (Å²) in [4.78, 5) is 8.15. The first-order chi connectivity index (χ1) is 7.25. The Labute approximate surface area is 94.9 Å². The number of thioether (sulfide) groups is 1. The number of rotatable bonds is 2. The summed E-state index contributed by atoms with van der Waals surface area (Å²) in [6.07, 6.45) is 7.00. The highest BCUT2D eigenvalue weighted by molar-refractivity contribution is 7.99. The van der Waals surface area contributed by atoms with Gasteiger partial charge in [-0.1, -0.05) is 6.92 Å². The smallest absolute Gasteiger partial charge is 0.116 e. The number of hydrogen-bond acceptors (Lipinski definition) is 4. The molecule has 1 aromatic heterocycles. The minimum absolute atomic E-state index is 0.321. The largest absolute Gasteiger partial charge is 0.327 e. The van der Waals surface area contributed by atoms with Crippen molar-refractivity contribution in [1.82, 2.24) is 9.97 Å². The van der Waals surface area contributed by atoms with Gasteiger partial charge in [-0.2, -0.15) is 0 Å². The summed E-state index contributed by atoms with van der Waals surface area (Å²) in [5, 5.41) is 1.56. The van der Waals surface area contributed by atoms with E-state index in [9.17, 15) is 0 Å². The first-order valence-electron chi connectivity index (χ1n) is 5.44. The number of aromatic nitrogens is 2. The van der Waals surface area contributed by atoms with Crippen LogP contribution in [0.1, 0.15) is 26.2 Å². The van der Waals surface area contributed by atoms with Crippen LogP contribution in [0, 0.1) is 5.92 Å². The second-order valence-corrected chi connectivity index (χ2v) is 5.55. The van der Waals surface area contributed by atoms with Gasteiger partial charge in [-0.05, 0) is 31.2 Å². The second-order valence-electron chi connectivity index (χ2n) is 4.29. The van der Waals surface area contributed by atoms with Crippen LogP contribution in [0.3, 0.4) is 0 Å². The molecule has 1 fully saturated rings. The van der Waals surface area contributed by atoms with Crippen LogP contribution in [-0.4, -0.2) is 21.3 Å². The molecule has 0 saturated heterocycles. The van der Waals surface area contributed by atoms with Gasteiger partial charge in [-0.25, -0.2) is 9.97 Å². The van der Waals surface area contributed by atoms with Gasteiger partial charge in [0.15, 0.2) is 0 Å². The summed E-state index contributed by atoms with van der Waals surface area (Å²) in [6, 6.07) is 2.28. The molecule has 1 aromatic rings. The molecule has 0 radical (unpaired) electrons. The molecular weight excluding hydrogens is 206 g/mol. The average molecular weight is 223 g/mol. The fourth-order valence-corrected chi connectivity index (χ4v) is 3.28. The zero-order chi connectivity index (χ0) is 10.7. The third-order valence-corrected chi connectivity index (χ3v) is 4.26. The predicted molar refractivity (Wildman–Crippen MR) is 62.7 cm³/mol. The summed E-state index contributed by atoms with van der Waals surface area (Å²) in [5.41, 5.74) is 6.12. The van der Waals surface area contributed by atoms with Crippen molar-refractivity contribution in [3.05, 3.63) is 18.6 Å². The Morgan fingerprint density at radius 2 is 2.33 bits per heavy atom. The maximum absolute atomic E-state index is 6.12. The van der Waals surface area contributed by atoms with Crippen molar-refractivity contribution in [2.45, 2.75) is 42.5 Å². The van der Waals surface area contributed by atoms with Crippen LogP contribution in [0.4, 0.5) is 0 Å². The van der Waals surface area contributed by atoms with Gasteiger partial charge in [0.25, 0.3) is 0 Å². The van der Waals surface area contributed by atoms with E-state index in [0.29, 0.717) is 11.3 Å². The Kier molecular flexibility index (Phi) is 3.59. The SMILES string of the molecule is CC1CCC(N)C(Sc2ccncn2)C1. The Bertz CT molecular complexity index is 304. The van der Waals surface area contributed by atoms with Gasteiger partial charge in [-0.15, -0.1) is 11.8 Å².